The highest BCUT2D eigenvalue weighted by Gasteiger charge is 2.12. The van der Waals surface area contributed by atoms with Gasteiger partial charge in [0.1, 0.15) is 11.5 Å². The molecule has 0 saturated carbocycles. The van der Waals surface area contributed by atoms with E-state index in [1.807, 2.05) is 0 Å². The Kier molecular flexibility index (Phi) is 5.87. The lowest BCUT2D eigenvalue weighted by atomic mass is 10.3. The van der Waals surface area contributed by atoms with Crippen molar-refractivity contribution in [2.45, 2.75) is 0 Å². The lowest BCUT2D eigenvalue weighted by Gasteiger charge is -2.16. The molecular weight excluding hydrogens is 344 g/mol. The van der Waals surface area contributed by atoms with E-state index in [4.69, 9.17) is 9.47 Å². The molecule has 7 nitrogen and oxygen atoms in total. The molecule has 0 saturated heterocycles. The molecular formula is C17H20N2O5S. The molecule has 25 heavy (non-hydrogen) atoms. The maximum atomic E-state index is 11.9. The van der Waals surface area contributed by atoms with Crippen molar-refractivity contribution in [2.75, 3.05) is 36.6 Å². The molecule has 0 bridgehead atoms. The first-order valence-electron chi connectivity index (χ1n) is 7.40. The van der Waals surface area contributed by atoms with Crippen LogP contribution in [0.5, 0.6) is 11.5 Å². The number of carbonyl (C=O) groups is 1. The van der Waals surface area contributed by atoms with Crippen molar-refractivity contribution in [1.29, 1.82) is 0 Å². The summed E-state index contributed by atoms with van der Waals surface area (Å²) in [6, 6.07) is 13.4. The van der Waals surface area contributed by atoms with Crippen molar-refractivity contribution >= 4 is 27.3 Å². The molecule has 2 aromatic carbocycles. The van der Waals surface area contributed by atoms with E-state index >= 15 is 0 Å². The van der Waals surface area contributed by atoms with Crippen LogP contribution >= 0.6 is 0 Å². The number of hydrogen-bond donors (Lipinski definition) is 1. The van der Waals surface area contributed by atoms with Gasteiger partial charge in [0.05, 0.1) is 19.1 Å². The highest BCUT2D eigenvalue weighted by atomic mass is 32.2. The zero-order valence-corrected chi connectivity index (χ0v) is 15.0. The fourth-order valence-electron chi connectivity index (χ4n) is 1.99. The van der Waals surface area contributed by atoms with Gasteiger partial charge in [0.25, 0.3) is 5.91 Å². The van der Waals surface area contributed by atoms with Gasteiger partial charge in [-0.2, -0.15) is 0 Å². The van der Waals surface area contributed by atoms with Crippen LogP contribution in [-0.2, 0) is 14.8 Å². The van der Waals surface area contributed by atoms with Gasteiger partial charge < -0.3 is 14.8 Å². The third-order valence-electron chi connectivity index (χ3n) is 3.42. The van der Waals surface area contributed by atoms with Crippen LogP contribution in [0.2, 0.25) is 0 Å². The Hall–Kier alpha value is -2.74. The molecule has 0 aromatic heterocycles. The zero-order valence-electron chi connectivity index (χ0n) is 14.2. The van der Waals surface area contributed by atoms with Gasteiger partial charge in [0.2, 0.25) is 10.0 Å². The van der Waals surface area contributed by atoms with Gasteiger partial charge in [-0.15, -0.1) is 0 Å². The number of anilines is 2. The summed E-state index contributed by atoms with van der Waals surface area (Å²) in [4.78, 5) is 11.9. The fraction of sp³-hybridized carbons (Fsp3) is 0.235. The summed E-state index contributed by atoms with van der Waals surface area (Å²) in [6.45, 7) is -0.168. The summed E-state index contributed by atoms with van der Waals surface area (Å²) in [5.74, 6) is 0.793. The van der Waals surface area contributed by atoms with Crippen molar-refractivity contribution in [3.05, 3.63) is 48.5 Å². The molecule has 0 radical (unpaired) electrons. The van der Waals surface area contributed by atoms with E-state index in [9.17, 15) is 13.2 Å². The number of rotatable bonds is 7. The number of carbonyl (C=O) groups excluding carboxylic acids is 1. The van der Waals surface area contributed by atoms with E-state index in [2.05, 4.69) is 5.32 Å². The number of amides is 1. The number of benzene rings is 2. The molecule has 0 aliphatic carbocycles. The van der Waals surface area contributed by atoms with E-state index in [1.165, 1.54) is 7.05 Å². The first-order chi connectivity index (χ1) is 11.8. The second-order valence-corrected chi connectivity index (χ2v) is 7.31. The standard InChI is InChI=1S/C17H20N2O5S/c1-19(25(3,21)22)14-7-9-15(10-8-14)24-12-17(20)18-13-5-4-6-16(11-13)23-2/h4-11H,12H2,1-3H3,(H,18,20). The number of methoxy groups -OCH3 is 1. The van der Waals surface area contributed by atoms with Crippen molar-refractivity contribution in [3.63, 3.8) is 0 Å². The highest BCUT2D eigenvalue weighted by Crippen LogP contribution is 2.20. The zero-order chi connectivity index (χ0) is 18.4. The van der Waals surface area contributed by atoms with Crippen molar-refractivity contribution in [1.82, 2.24) is 0 Å². The summed E-state index contributed by atoms with van der Waals surface area (Å²) in [5.41, 5.74) is 1.12. The SMILES string of the molecule is COc1cccc(NC(=O)COc2ccc(N(C)S(C)(=O)=O)cc2)c1. The Morgan fingerprint density at radius 1 is 1.12 bits per heavy atom. The van der Waals surface area contributed by atoms with Crippen LogP contribution in [0.1, 0.15) is 0 Å². The van der Waals surface area contributed by atoms with Gasteiger partial charge >= 0.3 is 0 Å². The number of nitrogens with zero attached hydrogens (tertiary/aromatic N) is 1. The van der Waals surface area contributed by atoms with Crippen LogP contribution in [0, 0.1) is 0 Å². The van der Waals surface area contributed by atoms with Crippen LogP contribution in [0.15, 0.2) is 48.5 Å². The molecule has 0 fully saturated rings. The van der Waals surface area contributed by atoms with Crippen LogP contribution in [0.4, 0.5) is 11.4 Å². The van der Waals surface area contributed by atoms with Crippen molar-refractivity contribution < 1.29 is 22.7 Å². The molecule has 0 atom stereocenters. The van der Waals surface area contributed by atoms with Gasteiger partial charge in [0, 0.05) is 18.8 Å². The molecule has 8 heteroatoms. The average Bonchev–Trinajstić information content (AvgIpc) is 2.59. The first-order valence-corrected chi connectivity index (χ1v) is 9.25. The van der Waals surface area contributed by atoms with E-state index in [1.54, 1.807) is 55.6 Å². The largest absolute Gasteiger partial charge is 0.497 e. The second kappa shape index (κ2) is 7.89. The molecule has 0 spiro atoms. The first kappa shape index (κ1) is 18.6. The minimum absolute atomic E-state index is 0.168. The van der Waals surface area contributed by atoms with E-state index in [-0.39, 0.29) is 12.5 Å². The molecule has 0 aliphatic heterocycles. The van der Waals surface area contributed by atoms with Gasteiger partial charge in [-0.25, -0.2) is 8.42 Å². The third-order valence-corrected chi connectivity index (χ3v) is 4.63. The molecule has 134 valence electrons. The van der Waals surface area contributed by atoms with Gasteiger partial charge in [-0.1, -0.05) is 6.07 Å². The molecule has 2 rings (SSSR count). The maximum Gasteiger partial charge on any atom is 0.262 e. The monoisotopic (exact) mass is 364 g/mol. The fourth-order valence-corrected chi connectivity index (χ4v) is 2.50. The summed E-state index contributed by atoms with van der Waals surface area (Å²) >= 11 is 0. The lowest BCUT2D eigenvalue weighted by molar-refractivity contribution is -0.118. The summed E-state index contributed by atoms with van der Waals surface area (Å²) in [5, 5.41) is 2.70. The Morgan fingerprint density at radius 3 is 2.40 bits per heavy atom. The van der Waals surface area contributed by atoms with Crippen LogP contribution in [0.25, 0.3) is 0 Å². The molecule has 1 amide bonds. The number of sulfonamides is 1. The molecule has 1 N–H and O–H groups in total. The minimum atomic E-state index is -3.32. The Balaban J connectivity index is 1.91. The van der Waals surface area contributed by atoms with Crippen LogP contribution < -0.4 is 19.1 Å². The maximum absolute atomic E-state index is 11.9. The Bertz CT molecular complexity index is 834. The van der Waals surface area contributed by atoms with E-state index in [0.717, 1.165) is 10.6 Å². The summed E-state index contributed by atoms with van der Waals surface area (Å²) in [6.07, 6.45) is 1.13. The predicted molar refractivity (Wildman–Crippen MR) is 96.8 cm³/mol. The Labute approximate surface area is 147 Å². The normalized spacial score (nSPS) is 10.8. The summed E-state index contributed by atoms with van der Waals surface area (Å²) < 4.78 is 34.6. The molecule has 0 unspecified atom stereocenters. The molecule has 0 heterocycles. The highest BCUT2D eigenvalue weighted by molar-refractivity contribution is 7.92. The van der Waals surface area contributed by atoms with Gasteiger partial charge in [0.15, 0.2) is 6.61 Å². The van der Waals surface area contributed by atoms with Gasteiger partial charge in [-0.05, 0) is 36.4 Å². The Morgan fingerprint density at radius 2 is 1.80 bits per heavy atom. The molecule has 2 aromatic rings. The minimum Gasteiger partial charge on any atom is -0.497 e. The lowest BCUT2D eigenvalue weighted by Crippen LogP contribution is -2.24. The molecule has 0 aliphatic rings. The quantitative estimate of drug-likeness (QED) is 0.813. The van der Waals surface area contributed by atoms with Crippen LogP contribution in [0.3, 0.4) is 0 Å². The predicted octanol–water partition coefficient (Wildman–Crippen LogP) is 2.11. The van der Waals surface area contributed by atoms with Crippen LogP contribution in [-0.4, -0.2) is 41.3 Å². The summed E-state index contributed by atoms with van der Waals surface area (Å²) in [7, 11) is -0.301. The topological polar surface area (TPSA) is 84.9 Å². The second-order valence-electron chi connectivity index (χ2n) is 5.29. The van der Waals surface area contributed by atoms with Crippen molar-refractivity contribution in [2.24, 2.45) is 0 Å². The third kappa shape index (κ3) is 5.39. The smallest absolute Gasteiger partial charge is 0.262 e. The van der Waals surface area contributed by atoms with Crippen molar-refractivity contribution in [3.8, 4) is 11.5 Å². The average molecular weight is 364 g/mol. The number of hydrogen-bond acceptors (Lipinski definition) is 5. The number of nitrogens with one attached hydrogen (secondary N) is 1. The van der Waals surface area contributed by atoms with E-state index < -0.39 is 10.0 Å². The van der Waals surface area contributed by atoms with Gasteiger partial charge in [-0.3, -0.25) is 9.10 Å². The number of ether oxygens (including phenoxy) is 2. The van der Waals surface area contributed by atoms with E-state index in [0.29, 0.717) is 22.9 Å².